The third-order valence-corrected chi connectivity index (χ3v) is 7.57. The lowest BCUT2D eigenvalue weighted by atomic mass is 10.0. The van der Waals surface area contributed by atoms with Crippen LogP contribution in [0.2, 0.25) is 0 Å². The number of nitrogens with two attached hydrogens (primary N) is 1. The molecule has 1 rings (SSSR count). The molecular formula is C38H56NO3-. The van der Waals surface area contributed by atoms with Gasteiger partial charge in [-0.3, -0.25) is 0 Å². The monoisotopic (exact) mass is 574 g/mol. The van der Waals surface area contributed by atoms with E-state index < -0.39 is 5.97 Å². The van der Waals surface area contributed by atoms with Crippen molar-refractivity contribution in [3.63, 3.8) is 0 Å². The third-order valence-electron chi connectivity index (χ3n) is 7.57. The summed E-state index contributed by atoms with van der Waals surface area (Å²) in [5, 5.41) is 11.3. The summed E-state index contributed by atoms with van der Waals surface area (Å²) >= 11 is 0. The Morgan fingerprint density at radius 1 is 0.667 bits per heavy atom. The van der Waals surface area contributed by atoms with Crippen molar-refractivity contribution in [2.75, 3.05) is 12.8 Å². The Morgan fingerprint density at radius 2 is 1.05 bits per heavy atom. The number of anilines is 1. The predicted octanol–water partition coefficient (Wildman–Crippen LogP) is 9.78. The first-order valence-electron chi connectivity index (χ1n) is 15.5. The molecule has 1 aromatic rings. The standard InChI is InChI=1S/C38H57NO3/c1-28(2)14-9-15-29(3)16-10-17-30(4)18-11-19-31(5)20-12-21-32(6)22-13-23-33(7)24-25-34-26-35(38(40)41)27-36(42-8)37(34)39/h14,16,18,20,22,24,26-27H,9-13,15,17,19,21,23,25,39H2,1-8H3,(H,40,41)/p-1/b29-16+,30-18+,31-20+,32-22+,33-24+. The Labute approximate surface area is 256 Å². The molecule has 4 nitrogen and oxygen atoms in total. The number of carboxylic acids is 1. The molecule has 0 spiro atoms. The maximum Gasteiger partial charge on any atom is 0.142 e. The Hall–Kier alpha value is -3.27. The number of ether oxygens (including phenoxy) is 1. The molecular weight excluding hydrogens is 518 g/mol. The van der Waals surface area contributed by atoms with Gasteiger partial charge < -0.3 is 20.4 Å². The average Bonchev–Trinajstić information content (AvgIpc) is 2.92. The molecule has 0 aliphatic heterocycles. The van der Waals surface area contributed by atoms with E-state index in [2.05, 4.69) is 84.9 Å². The van der Waals surface area contributed by atoms with E-state index in [-0.39, 0.29) is 5.56 Å². The summed E-state index contributed by atoms with van der Waals surface area (Å²) in [5.41, 5.74) is 16.0. The van der Waals surface area contributed by atoms with Crippen molar-refractivity contribution >= 4 is 11.7 Å². The smallest absolute Gasteiger partial charge is 0.142 e. The van der Waals surface area contributed by atoms with Crippen molar-refractivity contribution in [3.8, 4) is 5.75 Å². The molecule has 0 bridgehead atoms. The summed E-state index contributed by atoms with van der Waals surface area (Å²) in [5.74, 6) is -0.865. The van der Waals surface area contributed by atoms with Crippen LogP contribution in [0.15, 0.2) is 82.0 Å². The lowest BCUT2D eigenvalue weighted by molar-refractivity contribution is -0.255. The number of hydrogen-bond acceptors (Lipinski definition) is 4. The van der Waals surface area contributed by atoms with Crippen LogP contribution in [0, 0.1) is 0 Å². The van der Waals surface area contributed by atoms with Gasteiger partial charge in [0.15, 0.2) is 0 Å². The third kappa shape index (κ3) is 16.2. The second kappa shape index (κ2) is 20.6. The van der Waals surface area contributed by atoms with Crippen molar-refractivity contribution in [3.05, 3.63) is 93.2 Å². The fraction of sp³-hybridized carbons (Fsp3) is 0.500. The number of hydrogen-bond donors (Lipinski definition) is 1. The molecule has 0 saturated heterocycles. The summed E-state index contributed by atoms with van der Waals surface area (Å²) in [6.07, 6.45) is 25.5. The van der Waals surface area contributed by atoms with Gasteiger partial charge in [-0.25, -0.2) is 0 Å². The van der Waals surface area contributed by atoms with E-state index in [9.17, 15) is 9.90 Å². The molecule has 42 heavy (non-hydrogen) atoms. The first-order valence-corrected chi connectivity index (χ1v) is 15.5. The van der Waals surface area contributed by atoms with Crippen LogP contribution < -0.4 is 15.6 Å². The first-order chi connectivity index (χ1) is 19.9. The molecule has 0 aromatic heterocycles. The van der Waals surface area contributed by atoms with Crippen molar-refractivity contribution in [1.82, 2.24) is 0 Å². The first kappa shape index (κ1) is 36.8. The van der Waals surface area contributed by atoms with E-state index in [1.165, 1.54) is 53.0 Å². The minimum absolute atomic E-state index is 0.0800. The topological polar surface area (TPSA) is 75.4 Å². The minimum atomic E-state index is -1.23. The maximum absolute atomic E-state index is 11.3. The molecule has 0 amide bonds. The lowest BCUT2D eigenvalue weighted by Crippen LogP contribution is -2.22. The summed E-state index contributed by atoms with van der Waals surface area (Å²) < 4.78 is 5.23. The van der Waals surface area contributed by atoms with Gasteiger partial charge in [-0.05, 0) is 137 Å². The average molecular weight is 575 g/mol. The fourth-order valence-electron chi connectivity index (χ4n) is 4.71. The van der Waals surface area contributed by atoms with E-state index in [1.54, 1.807) is 6.07 Å². The summed E-state index contributed by atoms with van der Waals surface area (Å²) in [4.78, 5) is 11.3. The Bertz CT molecular complexity index is 1190. The number of carbonyl (C=O) groups is 1. The molecule has 0 unspecified atom stereocenters. The van der Waals surface area contributed by atoms with Gasteiger partial charge in [-0.2, -0.15) is 0 Å². The fourth-order valence-corrected chi connectivity index (χ4v) is 4.71. The number of nitrogen functional groups attached to an aromatic ring is 1. The molecule has 2 N–H and O–H groups in total. The molecule has 4 heteroatoms. The van der Waals surface area contributed by atoms with Crippen LogP contribution >= 0.6 is 0 Å². The number of methoxy groups -OCH3 is 1. The maximum atomic E-state index is 11.3. The minimum Gasteiger partial charge on any atom is -0.545 e. The van der Waals surface area contributed by atoms with E-state index in [4.69, 9.17) is 10.5 Å². The predicted molar refractivity (Wildman–Crippen MR) is 180 cm³/mol. The number of carbonyl (C=O) groups excluding carboxylic acids is 1. The number of aromatic carboxylic acids is 1. The van der Waals surface area contributed by atoms with Crippen molar-refractivity contribution < 1.29 is 14.6 Å². The zero-order valence-corrected chi connectivity index (χ0v) is 27.7. The van der Waals surface area contributed by atoms with Gasteiger partial charge >= 0.3 is 0 Å². The molecule has 0 aliphatic carbocycles. The van der Waals surface area contributed by atoms with Crippen LogP contribution in [0.3, 0.4) is 0 Å². The van der Waals surface area contributed by atoms with Crippen molar-refractivity contribution in [1.29, 1.82) is 0 Å². The van der Waals surface area contributed by atoms with Crippen LogP contribution in [0.4, 0.5) is 5.69 Å². The Morgan fingerprint density at radius 3 is 1.40 bits per heavy atom. The second-order valence-corrected chi connectivity index (χ2v) is 12.0. The van der Waals surface area contributed by atoms with Crippen LogP contribution in [0.25, 0.3) is 0 Å². The van der Waals surface area contributed by atoms with Crippen LogP contribution in [-0.2, 0) is 6.42 Å². The lowest BCUT2D eigenvalue weighted by Gasteiger charge is -2.13. The second-order valence-electron chi connectivity index (χ2n) is 12.0. The van der Waals surface area contributed by atoms with Gasteiger partial charge in [0, 0.05) is 5.56 Å². The zero-order chi connectivity index (χ0) is 31.5. The van der Waals surface area contributed by atoms with E-state index in [1.807, 2.05) is 0 Å². The molecule has 0 fully saturated rings. The highest BCUT2D eigenvalue weighted by atomic mass is 16.5. The quantitative estimate of drug-likeness (QED) is 0.132. The number of benzene rings is 1. The van der Waals surface area contributed by atoms with E-state index in [0.717, 1.165) is 63.4 Å². The largest absolute Gasteiger partial charge is 0.545 e. The Kier molecular flexibility index (Phi) is 18.0. The van der Waals surface area contributed by atoms with Gasteiger partial charge in [-0.15, -0.1) is 0 Å². The molecule has 0 saturated carbocycles. The van der Waals surface area contributed by atoms with Crippen molar-refractivity contribution in [2.24, 2.45) is 0 Å². The van der Waals surface area contributed by atoms with Gasteiger partial charge in [-0.1, -0.05) is 69.9 Å². The van der Waals surface area contributed by atoms with Gasteiger partial charge in [0.25, 0.3) is 0 Å². The molecule has 232 valence electrons. The number of allylic oxidation sites excluding steroid dienone is 12. The van der Waals surface area contributed by atoms with Gasteiger partial charge in [0.05, 0.1) is 18.8 Å². The molecule has 0 radical (unpaired) electrons. The number of rotatable bonds is 19. The van der Waals surface area contributed by atoms with Crippen molar-refractivity contribution in [2.45, 2.75) is 119 Å². The van der Waals surface area contributed by atoms with Gasteiger partial charge in [0.2, 0.25) is 0 Å². The van der Waals surface area contributed by atoms with Gasteiger partial charge in [0.1, 0.15) is 5.75 Å². The van der Waals surface area contributed by atoms with Crippen LogP contribution in [0.5, 0.6) is 5.75 Å². The highest BCUT2D eigenvalue weighted by Crippen LogP contribution is 2.28. The SMILES string of the molecule is COc1cc(C(=O)[O-])cc(C/C=C(\C)CC/C=C(\C)CC/C=C(\C)CC/C=C(\C)CC/C=C(\C)CCC=C(C)C)c1N. The number of carboxylic acid groups (broad SMARTS) is 1. The molecule has 1 aromatic carbocycles. The highest BCUT2D eigenvalue weighted by molar-refractivity contribution is 5.88. The van der Waals surface area contributed by atoms with Crippen LogP contribution in [0.1, 0.15) is 129 Å². The summed E-state index contributed by atoms with van der Waals surface area (Å²) in [6, 6.07) is 2.98. The highest BCUT2D eigenvalue weighted by Gasteiger charge is 2.09. The van der Waals surface area contributed by atoms with E-state index in [0.29, 0.717) is 17.9 Å². The normalized spacial score (nSPS) is 13.4. The molecule has 0 atom stereocenters. The molecule has 0 aliphatic rings. The summed E-state index contributed by atoms with van der Waals surface area (Å²) in [7, 11) is 1.48. The summed E-state index contributed by atoms with van der Waals surface area (Å²) in [6.45, 7) is 15.4. The molecule has 0 heterocycles. The Balaban J connectivity index is 2.40. The van der Waals surface area contributed by atoms with Crippen LogP contribution in [-0.4, -0.2) is 13.1 Å². The van der Waals surface area contributed by atoms with E-state index >= 15 is 0 Å². The zero-order valence-electron chi connectivity index (χ0n) is 27.7.